The average Bonchev–Trinajstić information content (AvgIpc) is 2.41. The average molecular weight is 312 g/mol. The Morgan fingerprint density at radius 3 is 2.00 bits per heavy atom. The molecule has 0 fully saturated rings. The van der Waals surface area contributed by atoms with E-state index >= 15 is 0 Å². The first-order valence-corrected chi connectivity index (χ1v) is 7.79. The number of ether oxygens (including phenoxy) is 1. The quantitative estimate of drug-likeness (QED) is 0.601. The van der Waals surface area contributed by atoms with Gasteiger partial charge in [-0.2, -0.15) is 0 Å². The van der Waals surface area contributed by atoms with E-state index in [-0.39, 0.29) is 10.8 Å². The molecule has 0 aliphatic heterocycles. The van der Waals surface area contributed by atoms with Crippen LogP contribution in [0.1, 0.15) is 47.1 Å². The fourth-order valence-corrected chi connectivity index (χ4v) is 2.36. The molecule has 0 radical (unpaired) electrons. The zero-order chi connectivity index (χ0) is 17.4. The van der Waals surface area contributed by atoms with Crippen molar-refractivity contribution in [2.24, 2.45) is 5.41 Å². The van der Waals surface area contributed by atoms with Crippen molar-refractivity contribution in [2.45, 2.75) is 47.0 Å². The fourth-order valence-electron chi connectivity index (χ4n) is 2.36. The van der Waals surface area contributed by atoms with Gasteiger partial charge >= 0.3 is 0 Å². The summed E-state index contributed by atoms with van der Waals surface area (Å²) in [5.74, 6) is 0.0832. The number of rotatable bonds is 2. The van der Waals surface area contributed by atoms with Gasteiger partial charge in [-0.3, -0.25) is 9.59 Å². The predicted molar refractivity (Wildman–Crippen MR) is 91.4 cm³/mol. The summed E-state index contributed by atoms with van der Waals surface area (Å²) in [6.07, 6.45) is 2.69. The topological polar surface area (TPSA) is 43.4 Å². The summed E-state index contributed by atoms with van der Waals surface area (Å²) in [6.45, 7) is 12.4. The van der Waals surface area contributed by atoms with E-state index in [2.05, 4.69) is 26.8 Å². The highest BCUT2D eigenvalue weighted by Crippen LogP contribution is 2.35. The van der Waals surface area contributed by atoms with Crippen molar-refractivity contribution in [1.29, 1.82) is 0 Å². The Kier molecular flexibility index (Phi) is 4.34. The van der Waals surface area contributed by atoms with Gasteiger partial charge in [-0.25, -0.2) is 0 Å². The molecule has 0 bridgehead atoms. The van der Waals surface area contributed by atoms with Crippen LogP contribution in [0.5, 0.6) is 5.75 Å². The number of hydrogen-bond acceptors (Lipinski definition) is 3. The highest BCUT2D eigenvalue weighted by atomic mass is 16.5. The highest BCUT2D eigenvalue weighted by molar-refractivity contribution is 6.46. The molecule has 0 saturated carbocycles. The van der Waals surface area contributed by atoms with Crippen LogP contribution in [0.4, 0.5) is 0 Å². The van der Waals surface area contributed by atoms with Crippen LogP contribution in [-0.4, -0.2) is 11.6 Å². The largest absolute Gasteiger partial charge is 0.457 e. The van der Waals surface area contributed by atoms with Gasteiger partial charge in [0.1, 0.15) is 11.5 Å². The molecule has 1 aromatic carbocycles. The van der Waals surface area contributed by atoms with Crippen LogP contribution in [-0.2, 0) is 15.0 Å². The van der Waals surface area contributed by atoms with Crippen molar-refractivity contribution in [3.8, 4) is 5.75 Å². The van der Waals surface area contributed by atoms with E-state index in [4.69, 9.17) is 4.74 Å². The fraction of sp³-hybridized carbons (Fsp3) is 0.400. The van der Waals surface area contributed by atoms with Gasteiger partial charge in [0.25, 0.3) is 0 Å². The molecule has 1 aliphatic carbocycles. The summed E-state index contributed by atoms with van der Waals surface area (Å²) < 4.78 is 5.97. The maximum Gasteiger partial charge on any atom is 0.229 e. The second kappa shape index (κ2) is 5.80. The summed E-state index contributed by atoms with van der Waals surface area (Å²) in [7, 11) is 0. The Bertz CT molecular complexity index is 707. The van der Waals surface area contributed by atoms with Gasteiger partial charge in [-0.1, -0.05) is 53.7 Å². The highest BCUT2D eigenvalue weighted by Gasteiger charge is 2.29. The smallest absolute Gasteiger partial charge is 0.229 e. The summed E-state index contributed by atoms with van der Waals surface area (Å²) >= 11 is 0. The van der Waals surface area contributed by atoms with Crippen LogP contribution < -0.4 is 4.74 Å². The second-order valence-corrected chi connectivity index (χ2v) is 7.92. The zero-order valence-electron chi connectivity index (χ0n) is 14.7. The molecule has 3 heteroatoms. The molecule has 0 spiro atoms. The van der Waals surface area contributed by atoms with Gasteiger partial charge in [0, 0.05) is 11.6 Å². The molecule has 1 aromatic rings. The normalized spacial score (nSPS) is 16.1. The molecular weight excluding hydrogens is 288 g/mol. The van der Waals surface area contributed by atoms with Gasteiger partial charge in [-0.15, -0.1) is 0 Å². The van der Waals surface area contributed by atoms with Crippen LogP contribution in [0.15, 0.2) is 47.7 Å². The molecule has 0 aromatic heterocycles. The molecule has 122 valence electrons. The van der Waals surface area contributed by atoms with Gasteiger partial charge < -0.3 is 4.74 Å². The molecule has 23 heavy (non-hydrogen) atoms. The molecule has 0 amide bonds. The van der Waals surface area contributed by atoms with Crippen molar-refractivity contribution < 1.29 is 14.3 Å². The summed E-state index contributed by atoms with van der Waals surface area (Å²) in [5, 5.41) is 0. The van der Waals surface area contributed by atoms with E-state index in [9.17, 15) is 9.59 Å². The third-order valence-corrected chi connectivity index (χ3v) is 3.78. The predicted octanol–water partition coefficient (Wildman–Crippen LogP) is 4.37. The van der Waals surface area contributed by atoms with Crippen LogP contribution in [0.25, 0.3) is 0 Å². The van der Waals surface area contributed by atoms with Crippen molar-refractivity contribution >= 4 is 11.6 Å². The maximum absolute atomic E-state index is 11.7. The number of benzene rings is 1. The van der Waals surface area contributed by atoms with Crippen LogP contribution in [0.2, 0.25) is 0 Å². The third kappa shape index (κ3) is 3.98. The lowest BCUT2D eigenvalue weighted by Crippen LogP contribution is -2.24. The Morgan fingerprint density at radius 1 is 0.826 bits per heavy atom. The lowest BCUT2D eigenvalue weighted by Gasteiger charge is -2.27. The molecule has 0 unspecified atom stereocenters. The minimum Gasteiger partial charge on any atom is -0.457 e. The zero-order valence-corrected chi connectivity index (χ0v) is 14.7. The first kappa shape index (κ1) is 17.2. The standard InChI is InChI=1S/C20H24O3/c1-19(2,3)13-8-7-9-14(10-13)23-18-12-17(22)16(21)11-15(18)20(4,5)6/h7-12H,1-6H3. The van der Waals surface area contributed by atoms with Gasteiger partial charge in [0.2, 0.25) is 11.6 Å². The lowest BCUT2D eigenvalue weighted by atomic mass is 9.82. The number of carbonyl (C=O) groups excluding carboxylic acids is 2. The maximum atomic E-state index is 11.7. The molecule has 0 saturated heterocycles. The van der Waals surface area contributed by atoms with Gasteiger partial charge in [0.15, 0.2) is 0 Å². The molecular formula is C20H24O3. The molecule has 0 atom stereocenters. The minimum absolute atomic E-state index is 0.00873. The van der Waals surface area contributed by atoms with E-state index < -0.39 is 11.6 Å². The molecule has 0 heterocycles. The number of ketones is 2. The van der Waals surface area contributed by atoms with E-state index in [1.165, 1.54) is 12.2 Å². The first-order chi connectivity index (χ1) is 10.5. The SMILES string of the molecule is CC(C)(C)C1=CC(=O)C(=O)C=C1Oc1cccc(C(C)(C)C)c1. The van der Waals surface area contributed by atoms with Crippen molar-refractivity contribution in [1.82, 2.24) is 0 Å². The summed E-state index contributed by atoms with van der Waals surface area (Å²) in [4.78, 5) is 23.5. The molecule has 1 aliphatic rings. The van der Waals surface area contributed by atoms with E-state index in [1.54, 1.807) is 0 Å². The first-order valence-electron chi connectivity index (χ1n) is 7.79. The van der Waals surface area contributed by atoms with E-state index in [1.807, 2.05) is 39.0 Å². The Labute approximate surface area is 138 Å². The van der Waals surface area contributed by atoms with Crippen LogP contribution in [0.3, 0.4) is 0 Å². The monoisotopic (exact) mass is 312 g/mol. The minimum atomic E-state index is -0.542. The molecule has 2 rings (SSSR count). The molecule has 3 nitrogen and oxygen atoms in total. The number of carbonyl (C=O) groups is 2. The third-order valence-electron chi connectivity index (χ3n) is 3.78. The Hall–Kier alpha value is -2.16. The Morgan fingerprint density at radius 2 is 1.43 bits per heavy atom. The van der Waals surface area contributed by atoms with Crippen molar-refractivity contribution in [3.63, 3.8) is 0 Å². The van der Waals surface area contributed by atoms with Crippen LogP contribution in [0, 0.1) is 5.41 Å². The van der Waals surface area contributed by atoms with Crippen molar-refractivity contribution in [2.75, 3.05) is 0 Å². The lowest BCUT2D eigenvalue weighted by molar-refractivity contribution is -0.131. The molecule has 0 N–H and O–H groups in total. The van der Waals surface area contributed by atoms with Gasteiger partial charge in [-0.05, 0) is 34.6 Å². The second-order valence-electron chi connectivity index (χ2n) is 7.92. The number of hydrogen-bond donors (Lipinski definition) is 0. The summed E-state index contributed by atoms with van der Waals surface area (Å²) in [5.41, 5.74) is 1.61. The van der Waals surface area contributed by atoms with E-state index in [0.717, 1.165) is 11.1 Å². The van der Waals surface area contributed by atoms with Gasteiger partial charge in [0.05, 0.1) is 0 Å². The van der Waals surface area contributed by atoms with Crippen molar-refractivity contribution in [3.05, 3.63) is 53.3 Å². The Balaban J connectivity index is 2.38. The summed E-state index contributed by atoms with van der Waals surface area (Å²) in [6, 6.07) is 7.82. The number of allylic oxidation sites excluding steroid dienone is 3. The van der Waals surface area contributed by atoms with E-state index in [0.29, 0.717) is 11.5 Å². The van der Waals surface area contributed by atoms with Crippen LogP contribution >= 0.6 is 0 Å².